The van der Waals surface area contributed by atoms with Gasteiger partial charge in [-0.3, -0.25) is 4.99 Å². The van der Waals surface area contributed by atoms with Gasteiger partial charge in [-0.1, -0.05) is 104 Å². The molecule has 1 heterocycles. The van der Waals surface area contributed by atoms with Crippen LogP contribution in [0.5, 0.6) is 0 Å². The molecule has 3 nitrogen and oxygen atoms in total. The van der Waals surface area contributed by atoms with Gasteiger partial charge in [0.05, 0.1) is 6.54 Å². The van der Waals surface area contributed by atoms with Crippen LogP contribution in [0.4, 0.5) is 0 Å². The van der Waals surface area contributed by atoms with Gasteiger partial charge in [0.15, 0.2) is 0 Å². The van der Waals surface area contributed by atoms with E-state index < -0.39 is 0 Å². The average Bonchev–Trinajstić information content (AvgIpc) is 2.71. The summed E-state index contributed by atoms with van der Waals surface area (Å²) in [7, 11) is 0. The summed E-state index contributed by atoms with van der Waals surface area (Å²) in [5.41, 5.74) is 0. The Bertz CT molecular complexity index is 345. The molecule has 0 fully saturated rings. The van der Waals surface area contributed by atoms with Crippen LogP contribution in [-0.2, 0) is 0 Å². The molecule has 0 spiro atoms. The summed E-state index contributed by atoms with van der Waals surface area (Å²) >= 11 is 0. The van der Waals surface area contributed by atoms with Gasteiger partial charge in [0.2, 0.25) is 0 Å². The van der Waals surface area contributed by atoms with E-state index in [9.17, 15) is 0 Å². The molecular formula is C24H47N3. The molecule has 0 atom stereocenters. The van der Waals surface area contributed by atoms with E-state index in [0.29, 0.717) is 0 Å². The summed E-state index contributed by atoms with van der Waals surface area (Å²) in [5.74, 6) is 0. The Balaban J connectivity index is 2.12. The fraction of sp³-hybridized carbons (Fsp3) is 0.875. The highest BCUT2D eigenvalue weighted by molar-refractivity contribution is 5.61. The molecule has 1 aliphatic rings. The van der Waals surface area contributed by atoms with E-state index in [2.05, 4.69) is 35.1 Å². The maximum atomic E-state index is 4.23. The molecule has 0 aromatic heterocycles. The number of aliphatic imine (C=N–C) groups is 1. The highest BCUT2D eigenvalue weighted by Gasteiger charge is 2.12. The van der Waals surface area contributed by atoms with Crippen LogP contribution < -0.4 is 0 Å². The number of rotatable bonds is 19. The molecule has 0 aliphatic carbocycles. The first-order valence-corrected chi connectivity index (χ1v) is 12.1. The second-order valence-corrected chi connectivity index (χ2v) is 8.16. The molecule has 1 rings (SSSR count). The Morgan fingerprint density at radius 3 is 1.52 bits per heavy atom. The van der Waals surface area contributed by atoms with Gasteiger partial charge in [-0.25, -0.2) is 5.01 Å². The predicted octanol–water partition coefficient (Wildman–Crippen LogP) is 7.34. The summed E-state index contributed by atoms with van der Waals surface area (Å²) < 4.78 is 0. The lowest BCUT2D eigenvalue weighted by Gasteiger charge is -2.34. The van der Waals surface area contributed by atoms with E-state index in [-0.39, 0.29) is 0 Å². The van der Waals surface area contributed by atoms with Gasteiger partial charge in [0, 0.05) is 31.7 Å². The van der Waals surface area contributed by atoms with Crippen molar-refractivity contribution < 1.29 is 0 Å². The third-order valence-corrected chi connectivity index (χ3v) is 5.60. The van der Waals surface area contributed by atoms with Gasteiger partial charge < -0.3 is 5.01 Å². The quantitative estimate of drug-likeness (QED) is 0.219. The van der Waals surface area contributed by atoms with Crippen molar-refractivity contribution in [2.75, 3.05) is 19.6 Å². The Morgan fingerprint density at radius 1 is 0.667 bits per heavy atom. The van der Waals surface area contributed by atoms with Crippen LogP contribution >= 0.6 is 0 Å². The van der Waals surface area contributed by atoms with Gasteiger partial charge >= 0.3 is 0 Å². The van der Waals surface area contributed by atoms with Gasteiger partial charge in [-0.15, -0.1) is 0 Å². The molecular weight excluding hydrogens is 330 g/mol. The molecule has 0 N–H and O–H groups in total. The topological polar surface area (TPSA) is 18.8 Å². The molecule has 0 saturated carbocycles. The summed E-state index contributed by atoms with van der Waals surface area (Å²) in [6.07, 6.45) is 28.4. The summed E-state index contributed by atoms with van der Waals surface area (Å²) in [6.45, 7) is 7.92. The zero-order valence-electron chi connectivity index (χ0n) is 18.5. The van der Waals surface area contributed by atoms with Crippen molar-refractivity contribution in [1.82, 2.24) is 10.0 Å². The maximum absolute atomic E-state index is 4.23. The SMILES string of the molecule is CCCCCCCCCCN(CCCCCCCCCC)N1C=CN=CC1. The summed E-state index contributed by atoms with van der Waals surface area (Å²) in [5, 5.41) is 4.94. The molecule has 0 amide bonds. The first-order chi connectivity index (χ1) is 13.4. The molecule has 0 bridgehead atoms. The lowest BCUT2D eigenvalue weighted by molar-refractivity contribution is 0.0317. The molecule has 0 saturated heterocycles. The van der Waals surface area contributed by atoms with Crippen molar-refractivity contribution in [3.63, 3.8) is 0 Å². The van der Waals surface area contributed by atoms with Crippen LogP contribution in [0.1, 0.15) is 117 Å². The van der Waals surface area contributed by atoms with E-state index >= 15 is 0 Å². The van der Waals surface area contributed by atoms with Gasteiger partial charge in [0.1, 0.15) is 0 Å². The van der Waals surface area contributed by atoms with Crippen molar-refractivity contribution in [2.45, 2.75) is 117 Å². The van der Waals surface area contributed by atoms with Crippen LogP contribution in [0.3, 0.4) is 0 Å². The minimum Gasteiger partial charge on any atom is -0.306 e. The Morgan fingerprint density at radius 2 is 1.11 bits per heavy atom. The van der Waals surface area contributed by atoms with Gasteiger partial charge in [-0.05, 0) is 12.8 Å². The zero-order valence-corrected chi connectivity index (χ0v) is 18.5. The number of hydrazine groups is 1. The first kappa shape index (κ1) is 24.2. The van der Waals surface area contributed by atoms with E-state index in [4.69, 9.17) is 0 Å². The standard InChI is InChI=1S/C24H47N3/c1-3-5-7-9-11-13-15-17-21-26(27-23-19-25-20-24-27)22-18-16-14-12-10-8-6-4-2/h19-20,23H,3-18,21-22,24H2,1-2H3. The number of unbranched alkanes of at least 4 members (excludes halogenated alkanes) is 14. The molecule has 0 aromatic carbocycles. The largest absolute Gasteiger partial charge is 0.306 e. The fourth-order valence-electron chi connectivity index (χ4n) is 3.80. The van der Waals surface area contributed by atoms with Crippen LogP contribution in [0.25, 0.3) is 0 Å². The van der Waals surface area contributed by atoms with Crippen molar-refractivity contribution in [1.29, 1.82) is 0 Å². The lowest BCUT2D eigenvalue weighted by atomic mass is 10.1. The number of hydrogen-bond donors (Lipinski definition) is 0. The van der Waals surface area contributed by atoms with Gasteiger partial charge in [-0.2, -0.15) is 0 Å². The smallest absolute Gasteiger partial charge is 0.0693 e. The Labute approximate surface area is 170 Å². The normalized spacial score (nSPS) is 13.8. The van der Waals surface area contributed by atoms with Crippen LogP contribution in [0.2, 0.25) is 0 Å². The first-order valence-electron chi connectivity index (χ1n) is 12.1. The predicted molar refractivity (Wildman–Crippen MR) is 121 cm³/mol. The summed E-state index contributed by atoms with van der Waals surface area (Å²) in [4.78, 5) is 4.23. The van der Waals surface area contributed by atoms with Gasteiger partial charge in [0.25, 0.3) is 0 Å². The van der Waals surface area contributed by atoms with Crippen molar-refractivity contribution in [2.24, 2.45) is 4.99 Å². The minimum atomic E-state index is 0.935. The minimum absolute atomic E-state index is 0.935. The molecule has 27 heavy (non-hydrogen) atoms. The highest BCUT2D eigenvalue weighted by Crippen LogP contribution is 2.13. The van der Waals surface area contributed by atoms with Crippen molar-refractivity contribution >= 4 is 6.21 Å². The van der Waals surface area contributed by atoms with E-state index in [1.165, 1.54) is 116 Å². The molecule has 1 aliphatic heterocycles. The van der Waals surface area contributed by atoms with E-state index in [1.54, 1.807) is 0 Å². The maximum Gasteiger partial charge on any atom is 0.0693 e. The highest BCUT2D eigenvalue weighted by atomic mass is 15.6. The molecule has 3 heteroatoms. The number of nitrogens with zero attached hydrogens (tertiary/aromatic N) is 3. The van der Waals surface area contributed by atoms with Crippen LogP contribution in [0.15, 0.2) is 17.4 Å². The van der Waals surface area contributed by atoms with E-state index in [0.717, 1.165) is 6.54 Å². The summed E-state index contributed by atoms with van der Waals surface area (Å²) in [6, 6.07) is 0. The monoisotopic (exact) mass is 377 g/mol. The number of hydrogen-bond acceptors (Lipinski definition) is 3. The molecule has 0 aromatic rings. The Kier molecular flexibility index (Phi) is 16.6. The average molecular weight is 378 g/mol. The zero-order chi connectivity index (χ0) is 19.4. The van der Waals surface area contributed by atoms with Crippen molar-refractivity contribution in [3.05, 3.63) is 12.4 Å². The molecule has 0 unspecified atom stereocenters. The third-order valence-electron chi connectivity index (χ3n) is 5.60. The van der Waals surface area contributed by atoms with E-state index in [1.807, 2.05) is 12.4 Å². The Hall–Kier alpha value is -0.830. The fourth-order valence-corrected chi connectivity index (χ4v) is 3.80. The third kappa shape index (κ3) is 13.9. The van der Waals surface area contributed by atoms with Crippen molar-refractivity contribution in [3.8, 4) is 0 Å². The lowest BCUT2D eigenvalue weighted by Crippen LogP contribution is -2.42. The van der Waals surface area contributed by atoms with Crippen LogP contribution in [-0.4, -0.2) is 35.9 Å². The second kappa shape index (κ2) is 18.5. The molecule has 158 valence electrons. The van der Waals surface area contributed by atoms with Crippen LogP contribution in [0, 0.1) is 0 Å². The molecule has 0 radical (unpaired) electrons. The second-order valence-electron chi connectivity index (χ2n) is 8.16.